The summed E-state index contributed by atoms with van der Waals surface area (Å²) in [6.07, 6.45) is 0. The Morgan fingerprint density at radius 1 is 0.719 bits per heavy atom. The van der Waals surface area contributed by atoms with Crippen LogP contribution in [0, 0.1) is 5.92 Å². The summed E-state index contributed by atoms with van der Waals surface area (Å²) >= 11 is 0. The zero-order chi connectivity index (χ0) is 21.9. The van der Waals surface area contributed by atoms with Crippen LogP contribution in [0.4, 0.5) is 11.4 Å². The van der Waals surface area contributed by atoms with Gasteiger partial charge in [-0.3, -0.25) is 0 Å². The van der Waals surface area contributed by atoms with Crippen LogP contribution in [0.3, 0.4) is 0 Å². The zero-order valence-electron chi connectivity index (χ0n) is 18.4. The number of aliphatic imine (C=N–C) groups is 2. The van der Waals surface area contributed by atoms with Gasteiger partial charge >= 0.3 is 0 Å². The number of nitrogens with zero attached hydrogens (tertiary/aromatic N) is 2. The molecule has 2 heterocycles. The maximum atomic E-state index is 6.02. The second-order valence-electron chi connectivity index (χ2n) is 8.44. The smallest absolute Gasteiger partial charge is 0.219 e. The largest absolute Gasteiger partial charge is 0.475 e. The van der Waals surface area contributed by atoms with Gasteiger partial charge in [0.05, 0.1) is 28.5 Å². The van der Waals surface area contributed by atoms with Crippen molar-refractivity contribution in [1.82, 2.24) is 0 Å². The highest BCUT2D eigenvalue weighted by Gasteiger charge is 2.26. The molecule has 2 atom stereocenters. The molecule has 3 aromatic carbocycles. The highest BCUT2D eigenvalue weighted by atomic mass is 16.5. The molecule has 0 saturated heterocycles. The fourth-order valence-electron chi connectivity index (χ4n) is 3.95. The monoisotopic (exact) mass is 425 g/mol. The van der Waals surface area contributed by atoms with Crippen LogP contribution < -0.4 is 5.32 Å². The van der Waals surface area contributed by atoms with E-state index in [9.17, 15) is 0 Å². The van der Waals surface area contributed by atoms with Crippen molar-refractivity contribution >= 4 is 23.2 Å². The molecule has 2 aliphatic heterocycles. The minimum Gasteiger partial charge on any atom is -0.475 e. The molecule has 0 fully saturated rings. The first-order chi connectivity index (χ1) is 15.7. The van der Waals surface area contributed by atoms with Gasteiger partial charge in [-0.1, -0.05) is 68.4 Å². The molecule has 5 heteroatoms. The molecule has 3 aromatic rings. The summed E-state index contributed by atoms with van der Waals surface area (Å²) in [5, 5.41) is 3.57. The van der Waals surface area contributed by atoms with E-state index < -0.39 is 0 Å². The SMILES string of the molecule is CC(C)C1COC(c2ccccc2Nc2ccccc2C2=NC(c3ccccc3)CO2)=N1. The van der Waals surface area contributed by atoms with Crippen molar-refractivity contribution in [2.75, 3.05) is 18.5 Å². The standard InChI is InChI=1S/C27H27N3O2/c1-18(2)24-16-31-26(29-24)20-12-6-8-14-22(20)28-23-15-9-7-13-21(23)27-30-25(17-32-27)19-10-4-3-5-11-19/h3-15,18,24-25,28H,16-17H2,1-2H3. The van der Waals surface area contributed by atoms with Gasteiger partial charge in [-0.15, -0.1) is 0 Å². The number of rotatable bonds is 6. The molecule has 0 radical (unpaired) electrons. The van der Waals surface area contributed by atoms with Crippen molar-refractivity contribution in [1.29, 1.82) is 0 Å². The Balaban J connectivity index is 1.44. The Morgan fingerprint density at radius 2 is 1.28 bits per heavy atom. The number of para-hydroxylation sites is 2. The molecule has 162 valence electrons. The second-order valence-corrected chi connectivity index (χ2v) is 8.44. The van der Waals surface area contributed by atoms with Gasteiger partial charge in [0.1, 0.15) is 19.3 Å². The van der Waals surface area contributed by atoms with Gasteiger partial charge in [-0.2, -0.15) is 0 Å². The van der Waals surface area contributed by atoms with Crippen molar-refractivity contribution in [2.24, 2.45) is 15.9 Å². The maximum Gasteiger partial charge on any atom is 0.219 e. The first-order valence-corrected chi connectivity index (χ1v) is 11.1. The normalized spacial score (nSPS) is 19.8. The summed E-state index contributed by atoms with van der Waals surface area (Å²) < 4.78 is 12.0. The lowest BCUT2D eigenvalue weighted by molar-refractivity contribution is 0.292. The minimum absolute atomic E-state index is 0.0146. The quantitative estimate of drug-likeness (QED) is 0.547. The first-order valence-electron chi connectivity index (χ1n) is 11.1. The average Bonchev–Trinajstić information content (AvgIpc) is 3.51. The summed E-state index contributed by atoms with van der Waals surface area (Å²) in [5.74, 6) is 1.81. The summed E-state index contributed by atoms with van der Waals surface area (Å²) in [5.41, 5.74) is 4.94. The van der Waals surface area contributed by atoms with Gasteiger partial charge < -0.3 is 14.8 Å². The summed E-state index contributed by atoms with van der Waals surface area (Å²) in [4.78, 5) is 9.68. The van der Waals surface area contributed by atoms with Crippen LogP contribution in [-0.4, -0.2) is 31.1 Å². The third kappa shape index (κ3) is 4.11. The van der Waals surface area contributed by atoms with E-state index in [1.54, 1.807) is 0 Å². The molecule has 32 heavy (non-hydrogen) atoms. The highest BCUT2D eigenvalue weighted by molar-refractivity contribution is 6.04. The Morgan fingerprint density at radius 3 is 1.91 bits per heavy atom. The number of hydrogen-bond donors (Lipinski definition) is 1. The van der Waals surface area contributed by atoms with Crippen LogP contribution in [-0.2, 0) is 9.47 Å². The number of nitrogens with one attached hydrogen (secondary N) is 1. The van der Waals surface area contributed by atoms with Crippen molar-refractivity contribution in [2.45, 2.75) is 25.9 Å². The molecule has 0 saturated carbocycles. The van der Waals surface area contributed by atoms with Gasteiger partial charge in [0.15, 0.2) is 0 Å². The minimum atomic E-state index is 0.0146. The zero-order valence-corrected chi connectivity index (χ0v) is 18.4. The second kappa shape index (κ2) is 8.87. The van der Waals surface area contributed by atoms with E-state index in [4.69, 9.17) is 19.5 Å². The van der Waals surface area contributed by atoms with Gasteiger partial charge in [-0.05, 0) is 35.7 Å². The first kappa shape index (κ1) is 20.3. The van der Waals surface area contributed by atoms with Crippen LogP contribution in [0.1, 0.15) is 36.6 Å². The maximum absolute atomic E-state index is 6.02. The highest BCUT2D eigenvalue weighted by Crippen LogP contribution is 2.31. The van der Waals surface area contributed by atoms with Gasteiger partial charge in [0, 0.05) is 0 Å². The molecule has 0 spiro atoms. The van der Waals surface area contributed by atoms with Gasteiger partial charge in [0.25, 0.3) is 0 Å². The molecule has 2 unspecified atom stereocenters. The third-order valence-corrected chi connectivity index (χ3v) is 5.86. The van der Waals surface area contributed by atoms with Crippen LogP contribution in [0.25, 0.3) is 0 Å². The predicted molar refractivity (Wildman–Crippen MR) is 129 cm³/mol. The van der Waals surface area contributed by atoms with Crippen LogP contribution >= 0.6 is 0 Å². The number of anilines is 2. The van der Waals surface area contributed by atoms with E-state index in [0.717, 1.165) is 28.1 Å². The van der Waals surface area contributed by atoms with E-state index in [-0.39, 0.29) is 12.1 Å². The van der Waals surface area contributed by atoms with Crippen LogP contribution in [0.2, 0.25) is 0 Å². The predicted octanol–water partition coefficient (Wildman–Crippen LogP) is 5.75. The molecule has 2 aliphatic rings. The fourth-order valence-corrected chi connectivity index (χ4v) is 3.95. The van der Waals surface area contributed by atoms with Crippen molar-refractivity contribution in [3.63, 3.8) is 0 Å². The van der Waals surface area contributed by atoms with E-state index in [1.165, 1.54) is 0 Å². The third-order valence-electron chi connectivity index (χ3n) is 5.86. The van der Waals surface area contributed by atoms with E-state index >= 15 is 0 Å². The number of benzene rings is 3. The fraction of sp³-hybridized carbons (Fsp3) is 0.259. The Labute approximate surface area is 188 Å². The van der Waals surface area contributed by atoms with Crippen LogP contribution in [0.5, 0.6) is 0 Å². The molecular formula is C27H27N3O2. The molecule has 0 aromatic heterocycles. The molecule has 0 bridgehead atoms. The average molecular weight is 426 g/mol. The Hall–Kier alpha value is -3.60. The van der Waals surface area contributed by atoms with E-state index in [0.29, 0.717) is 30.9 Å². The number of hydrogen-bond acceptors (Lipinski definition) is 5. The lowest BCUT2D eigenvalue weighted by atomic mass is 10.1. The van der Waals surface area contributed by atoms with Crippen molar-refractivity contribution < 1.29 is 9.47 Å². The molecular weight excluding hydrogens is 398 g/mol. The summed E-state index contributed by atoms with van der Waals surface area (Å²) in [6.45, 7) is 5.52. The molecule has 5 rings (SSSR count). The Kier molecular flexibility index (Phi) is 5.63. The molecule has 0 aliphatic carbocycles. The van der Waals surface area contributed by atoms with Crippen molar-refractivity contribution in [3.8, 4) is 0 Å². The molecule has 0 amide bonds. The van der Waals surface area contributed by atoms with Crippen molar-refractivity contribution in [3.05, 3.63) is 95.6 Å². The lowest BCUT2D eigenvalue weighted by Gasteiger charge is -2.15. The lowest BCUT2D eigenvalue weighted by Crippen LogP contribution is -2.13. The number of ether oxygens (including phenoxy) is 2. The molecule has 1 N–H and O–H groups in total. The molecule has 5 nitrogen and oxygen atoms in total. The Bertz CT molecular complexity index is 1150. The van der Waals surface area contributed by atoms with E-state index in [2.05, 4.69) is 31.3 Å². The topological polar surface area (TPSA) is 55.2 Å². The van der Waals surface area contributed by atoms with Gasteiger partial charge in [-0.25, -0.2) is 9.98 Å². The van der Waals surface area contributed by atoms with Crippen LogP contribution in [0.15, 0.2) is 88.8 Å². The summed E-state index contributed by atoms with van der Waals surface area (Å²) in [7, 11) is 0. The van der Waals surface area contributed by atoms with Gasteiger partial charge in [0.2, 0.25) is 11.8 Å². The van der Waals surface area contributed by atoms with E-state index in [1.807, 2.05) is 66.7 Å². The summed E-state index contributed by atoms with van der Waals surface area (Å²) in [6, 6.07) is 26.7.